The summed E-state index contributed by atoms with van der Waals surface area (Å²) in [5.41, 5.74) is 0. The van der Waals surface area contributed by atoms with E-state index in [9.17, 15) is 13.2 Å². The fourth-order valence-electron chi connectivity index (χ4n) is 1.03. The minimum Gasteiger partial charge on any atom is -0.353 e. The molecule has 1 aromatic rings. The molecule has 0 bridgehead atoms. The van der Waals surface area contributed by atoms with E-state index in [1.54, 1.807) is 7.05 Å². The maximum atomic E-state index is 11.8. The van der Waals surface area contributed by atoms with Crippen LogP contribution in [0.5, 0.6) is 0 Å². The van der Waals surface area contributed by atoms with Crippen LogP contribution in [0.1, 0.15) is 19.3 Å². The van der Waals surface area contributed by atoms with E-state index in [0.717, 1.165) is 0 Å². The van der Waals surface area contributed by atoms with Crippen LogP contribution in [0.2, 0.25) is 0 Å². The molecule has 0 spiro atoms. The zero-order valence-electron chi connectivity index (χ0n) is 8.25. The van der Waals surface area contributed by atoms with Gasteiger partial charge in [0.05, 0.1) is 0 Å². The van der Waals surface area contributed by atoms with Crippen LogP contribution in [-0.2, 0) is 7.05 Å². The highest BCUT2D eigenvalue weighted by atomic mass is 19.4. The normalized spacial score (nSPS) is 11.7. The number of nitrogens with one attached hydrogen (secondary N) is 1. The van der Waals surface area contributed by atoms with Gasteiger partial charge in [0.15, 0.2) is 0 Å². The average molecular weight is 223 g/mol. The number of hydrogen-bond donors (Lipinski definition) is 1. The van der Waals surface area contributed by atoms with Crippen molar-refractivity contribution in [1.82, 2.24) is 20.2 Å². The van der Waals surface area contributed by atoms with Crippen molar-refractivity contribution < 1.29 is 13.2 Å². The lowest BCUT2D eigenvalue weighted by molar-refractivity contribution is -0.135. The van der Waals surface area contributed by atoms with E-state index in [2.05, 4.69) is 20.8 Å². The van der Waals surface area contributed by atoms with Crippen molar-refractivity contribution in [2.75, 3.05) is 11.9 Å². The second-order valence-corrected chi connectivity index (χ2v) is 3.13. The first-order valence-electron chi connectivity index (χ1n) is 4.52. The van der Waals surface area contributed by atoms with Crippen LogP contribution in [0.4, 0.5) is 19.1 Å². The molecule has 1 rings (SSSR count). The predicted molar refractivity (Wildman–Crippen MR) is 47.2 cm³/mol. The van der Waals surface area contributed by atoms with Crippen LogP contribution in [0.3, 0.4) is 0 Å². The number of alkyl halides is 3. The first kappa shape index (κ1) is 11.7. The molecule has 8 heteroatoms. The second kappa shape index (κ2) is 4.94. The number of halogens is 3. The number of nitrogens with zero attached hydrogens (tertiary/aromatic N) is 4. The molecule has 0 atom stereocenters. The van der Waals surface area contributed by atoms with Crippen LogP contribution < -0.4 is 5.32 Å². The molecular formula is C7H12F3N5. The van der Waals surface area contributed by atoms with E-state index in [1.807, 2.05) is 0 Å². The number of aromatic nitrogens is 4. The predicted octanol–water partition coefficient (Wildman–Crippen LogP) is 1.35. The molecule has 5 nitrogen and oxygen atoms in total. The average Bonchev–Trinajstić information content (AvgIpc) is 2.49. The third-order valence-electron chi connectivity index (χ3n) is 1.79. The Morgan fingerprint density at radius 2 is 2.07 bits per heavy atom. The zero-order chi connectivity index (χ0) is 11.3. The summed E-state index contributed by atoms with van der Waals surface area (Å²) < 4.78 is 36.7. The fraction of sp³-hybridized carbons (Fsp3) is 0.857. The van der Waals surface area contributed by atoms with Gasteiger partial charge in [-0.25, -0.2) is 4.68 Å². The molecule has 0 unspecified atom stereocenters. The third-order valence-corrected chi connectivity index (χ3v) is 1.79. The summed E-state index contributed by atoms with van der Waals surface area (Å²) in [4.78, 5) is 0. The van der Waals surface area contributed by atoms with Gasteiger partial charge in [0.25, 0.3) is 0 Å². The highest BCUT2D eigenvalue weighted by Crippen LogP contribution is 2.21. The van der Waals surface area contributed by atoms with Crippen molar-refractivity contribution in [2.45, 2.75) is 25.4 Å². The molecule has 0 amide bonds. The number of anilines is 1. The number of tetrazole rings is 1. The lowest BCUT2D eigenvalue weighted by atomic mass is 10.2. The Kier molecular flexibility index (Phi) is 3.87. The summed E-state index contributed by atoms with van der Waals surface area (Å²) in [6, 6.07) is 0. The minimum absolute atomic E-state index is 0.113. The van der Waals surface area contributed by atoms with Gasteiger partial charge >= 0.3 is 6.18 Å². The van der Waals surface area contributed by atoms with Gasteiger partial charge in [0.1, 0.15) is 0 Å². The van der Waals surface area contributed by atoms with Gasteiger partial charge in [-0.15, -0.1) is 0 Å². The molecular weight excluding hydrogens is 211 g/mol. The Bertz CT molecular complexity index is 295. The molecule has 0 aliphatic rings. The van der Waals surface area contributed by atoms with Crippen molar-refractivity contribution in [3.05, 3.63) is 0 Å². The number of rotatable bonds is 5. The minimum atomic E-state index is -4.06. The Hall–Kier alpha value is -1.34. The molecule has 0 aliphatic heterocycles. The van der Waals surface area contributed by atoms with Gasteiger partial charge < -0.3 is 5.32 Å². The van der Waals surface area contributed by atoms with Gasteiger partial charge in [0.2, 0.25) is 5.95 Å². The number of aryl methyl sites for hydroxylation is 1. The first-order chi connectivity index (χ1) is 6.99. The highest BCUT2D eigenvalue weighted by Gasteiger charge is 2.25. The smallest absolute Gasteiger partial charge is 0.353 e. The number of hydrogen-bond acceptors (Lipinski definition) is 4. The fourth-order valence-corrected chi connectivity index (χ4v) is 1.03. The molecule has 0 radical (unpaired) electrons. The van der Waals surface area contributed by atoms with Gasteiger partial charge in [-0.05, 0) is 23.3 Å². The summed E-state index contributed by atoms with van der Waals surface area (Å²) in [6.07, 6.45) is -4.26. The maximum Gasteiger partial charge on any atom is 0.389 e. The summed E-state index contributed by atoms with van der Waals surface area (Å²) in [7, 11) is 1.65. The van der Waals surface area contributed by atoms with E-state index >= 15 is 0 Å². The summed E-state index contributed by atoms with van der Waals surface area (Å²) in [6.45, 7) is 0.435. The Morgan fingerprint density at radius 3 is 2.60 bits per heavy atom. The van der Waals surface area contributed by atoms with Crippen LogP contribution >= 0.6 is 0 Å². The first-order valence-corrected chi connectivity index (χ1v) is 4.52. The molecule has 0 fully saturated rings. The van der Waals surface area contributed by atoms with Crippen molar-refractivity contribution in [1.29, 1.82) is 0 Å². The second-order valence-electron chi connectivity index (χ2n) is 3.13. The van der Waals surface area contributed by atoms with E-state index in [-0.39, 0.29) is 6.42 Å². The quantitative estimate of drug-likeness (QED) is 0.765. The summed E-state index contributed by atoms with van der Waals surface area (Å²) >= 11 is 0. The standard InChI is InChI=1S/C7H12F3N5/c1-15-6(12-13-14-15)11-5-3-2-4-7(8,9)10/h2-5H2,1H3,(H,11,12,14). The third kappa shape index (κ3) is 4.61. The maximum absolute atomic E-state index is 11.8. The van der Waals surface area contributed by atoms with Crippen LogP contribution in [-0.4, -0.2) is 32.9 Å². The molecule has 0 aromatic carbocycles. The largest absolute Gasteiger partial charge is 0.389 e. The van der Waals surface area contributed by atoms with E-state index in [1.165, 1.54) is 4.68 Å². The lowest BCUT2D eigenvalue weighted by Gasteiger charge is -2.06. The van der Waals surface area contributed by atoms with Crippen LogP contribution in [0.15, 0.2) is 0 Å². The lowest BCUT2D eigenvalue weighted by Crippen LogP contribution is -2.10. The molecule has 1 heterocycles. The van der Waals surface area contributed by atoms with Crippen LogP contribution in [0, 0.1) is 0 Å². The van der Waals surface area contributed by atoms with Gasteiger partial charge in [-0.3, -0.25) is 0 Å². The Labute approximate surface area is 84.7 Å². The molecule has 86 valence electrons. The molecule has 1 aromatic heterocycles. The Morgan fingerprint density at radius 1 is 1.33 bits per heavy atom. The molecule has 0 aliphatic carbocycles. The van der Waals surface area contributed by atoms with Gasteiger partial charge in [0, 0.05) is 20.0 Å². The zero-order valence-corrected chi connectivity index (χ0v) is 8.25. The molecule has 15 heavy (non-hydrogen) atoms. The van der Waals surface area contributed by atoms with Crippen molar-refractivity contribution >= 4 is 5.95 Å². The van der Waals surface area contributed by atoms with Gasteiger partial charge in [-0.2, -0.15) is 13.2 Å². The van der Waals surface area contributed by atoms with Crippen molar-refractivity contribution in [3.8, 4) is 0 Å². The molecule has 1 N–H and O–H groups in total. The van der Waals surface area contributed by atoms with Crippen molar-refractivity contribution in [3.63, 3.8) is 0 Å². The summed E-state index contributed by atoms with van der Waals surface area (Å²) in [5.74, 6) is 0.460. The topological polar surface area (TPSA) is 55.6 Å². The molecule has 0 saturated heterocycles. The van der Waals surface area contributed by atoms with Gasteiger partial charge in [-0.1, -0.05) is 5.10 Å². The van der Waals surface area contributed by atoms with E-state index in [0.29, 0.717) is 18.9 Å². The van der Waals surface area contributed by atoms with E-state index in [4.69, 9.17) is 0 Å². The Balaban J connectivity index is 2.10. The molecule has 0 saturated carbocycles. The highest BCUT2D eigenvalue weighted by molar-refractivity contribution is 5.20. The number of unbranched alkanes of at least 4 members (excludes halogenated alkanes) is 1. The van der Waals surface area contributed by atoms with E-state index < -0.39 is 12.6 Å². The van der Waals surface area contributed by atoms with Crippen LogP contribution in [0.25, 0.3) is 0 Å². The SMILES string of the molecule is Cn1nnnc1NCCCCC(F)(F)F. The van der Waals surface area contributed by atoms with Crippen molar-refractivity contribution in [2.24, 2.45) is 7.05 Å². The monoisotopic (exact) mass is 223 g/mol. The summed E-state index contributed by atoms with van der Waals surface area (Å²) in [5, 5.41) is 13.4.